The Morgan fingerprint density at radius 3 is 2.39 bits per heavy atom. The second-order valence-corrected chi connectivity index (χ2v) is 6.90. The van der Waals surface area contributed by atoms with Crippen molar-refractivity contribution in [1.82, 2.24) is 0 Å². The van der Waals surface area contributed by atoms with Gasteiger partial charge in [0.05, 0.1) is 5.60 Å². The van der Waals surface area contributed by atoms with Crippen LogP contribution in [-0.2, 0) is 0 Å². The van der Waals surface area contributed by atoms with E-state index in [1.807, 2.05) is 13.8 Å². The lowest BCUT2D eigenvalue weighted by molar-refractivity contribution is -0.0757. The van der Waals surface area contributed by atoms with Gasteiger partial charge in [-0.2, -0.15) is 0 Å². The summed E-state index contributed by atoms with van der Waals surface area (Å²) in [7, 11) is 0. The second kappa shape index (κ2) is 4.32. The first-order valence-corrected chi connectivity index (χ1v) is 6.90. The maximum Gasteiger partial charge on any atom is 0.0622 e. The Morgan fingerprint density at radius 2 is 1.94 bits per heavy atom. The molecule has 18 heavy (non-hydrogen) atoms. The van der Waals surface area contributed by atoms with E-state index in [0.717, 1.165) is 18.4 Å². The molecule has 2 rings (SSSR count). The third kappa shape index (κ3) is 1.75. The van der Waals surface area contributed by atoms with E-state index >= 15 is 0 Å². The summed E-state index contributed by atoms with van der Waals surface area (Å²) in [6, 6.07) is 0. The molecular weight excluding hydrogens is 228 g/mol. The summed E-state index contributed by atoms with van der Waals surface area (Å²) in [5.74, 6) is 0.406. The van der Waals surface area contributed by atoms with Crippen LogP contribution in [0.3, 0.4) is 0 Å². The minimum Gasteiger partial charge on any atom is -0.396 e. The van der Waals surface area contributed by atoms with Gasteiger partial charge in [0.2, 0.25) is 0 Å². The quantitative estimate of drug-likeness (QED) is 0.670. The molecule has 0 heterocycles. The van der Waals surface area contributed by atoms with E-state index < -0.39 is 5.60 Å². The van der Waals surface area contributed by atoms with E-state index in [4.69, 9.17) is 0 Å². The first kappa shape index (κ1) is 14.0. The van der Waals surface area contributed by atoms with Crippen LogP contribution >= 0.6 is 0 Å². The average Bonchev–Trinajstić information content (AvgIpc) is 2.40. The Hall–Kier alpha value is -0.380. The molecule has 2 fully saturated rings. The van der Waals surface area contributed by atoms with Crippen LogP contribution in [0, 0.1) is 29.1 Å². The average molecular weight is 254 g/mol. The van der Waals surface area contributed by atoms with Crippen molar-refractivity contribution in [2.75, 3.05) is 13.2 Å². The van der Waals surface area contributed by atoms with Crippen molar-refractivity contribution in [3.8, 4) is 0 Å². The first-order chi connectivity index (χ1) is 8.27. The van der Waals surface area contributed by atoms with Crippen molar-refractivity contribution >= 4 is 0 Å². The molecule has 0 aliphatic heterocycles. The molecule has 0 saturated heterocycles. The molecule has 2 saturated carbocycles. The molecule has 2 aliphatic rings. The fourth-order valence-electron chi connectivity index (χ4n) is 4.53. The van der Waals surface area contributed by atoms with E-state index in [9.17, 15) is 15.3 Å². The lowest BCUT2D eigenvalue weighted by atomic mass is 9.60. The van der Waals surface area contributed by atoms with Gasteiger partial charge in [-0.1, -0.05) is 19.1 Å². The molecule has 2 bridgehead atoms. The first-order valence-electron chi connectivity index (χ1n) is 6.90. The highest BCUT2D eigenvalue weighted by atomic mass is 16.3. The van der Waals surface area contributed by atoms with Crippen LogP contribution in [0.4, 0.5) is 0 Å². The smallest absolute Gasteiger partial charge is 0.0622 e. The lowest BCUT2D eigenvalue weighted by Crippen LogP contribution is -2.46. The predicted molar refractivity (Wildman–Crippen MR) is 70.9 cm³/mol. The maximum absolute atomic E-state index is 10.4. The van der Waals surface area contributed by atoms with Gasteiger partial charge in [0.15, 0.2) is 0 Å². The number of aliphatic hydroxyl groups is 3. The summed E-state index contributed by atoms with van der Waals surface area (Å²) in [6.07, 6.45) is 1.88. The molecule has 2 aliphatic carbocycles. The van der Waals surface area contributed by atoms with E-state index in [0.29, 0.717) is 0 Å². The highest BCUT2D eigenvalue weighted by Gasteiger charge is 2.60. The SMILES string of the molecule is C=C1[C@H](CO)[C@@H]2[C@@H](CO)[C@@]1(C)CC[C@@H]2C(C)(C)O. The number of hydrogen-bond donors (Lipinski definition) is 3. The molecular formula is C15H26O3. The van der Waals surface area contributed by atoms with Gasteiger partial charge in [0.1, 0.15) is 0 Å². The molecule has 3 N–H and O–H groups in total. The number of fused-ring (bicyclic) bond motifs is 2. The van der Waals surface area contributed by atoms with Crippen molar-refractivity contribution in [2.45, 2.75) is 39.2 Å². The van der Waals surface area contributed by atoms with E-state index in [-0.39, 0.29) is 42.3 Å². The lowest BCUT2D eigenvalue weighted by Gasteiger charge is -2.46. The molecule has 0 aromatic carbocycles. The Balaban J connectivity index is 2.43. The zero-order valence-corrected chi connectivity index (χ0v) is 11.7. The Labute approximate surface area is 110 Å². The zero-order valence-electron chi connectivity index (χ0n) is 11.7. The number of rotatable bonds is 3. The standard InChI is InChI=1S/C15H26O3/c1-9-10(7-16)13-11(14(2,3)18)5-6-15(9,4)12(13)8-17/h10-13,16-18H,1,5-8H2,2-4H3/t10-,11-,12+,13-,15-/m0/s1. The summed E-state index contributed by atoms with van der Waals surface area (Å²) in [6.45, 7) is 10.2. The van der Waals surface area contributed by atoms with Gasteiger partial charge < -0.3 is 15.3 Å². The third-order valence-electron chi connectivity index (χ3n) is 5.67. The van der Waals surface area contributed by atoms with Crippen LogP contribution in [0.5, 0.6) is 0 Å². The summed E-state index contributed by atoms with van der Waals surface area (Å²) in [4.78, 5) is 0. The van der Waals surface area contributed by atoms with Crippen molar-refractivity contribution in [3.05, 3.63) is 12.2 Å². The fraction of sp³-hybridized carbons (Fsp3) is 0.867. The summed E-state index contributed by atoms with van der Waals surface area (Å²) >= 11 is 0. The topological polar surface area (TPSA) is 60.7 Å². The van der Waals surface area contributed by atoms with Crippen LogP contribution in [0.1, 0.15) is 33.6 Å². The van der Waals surface area contributed by atoms with E-state index in [1.165, 1.54) is 0 Å². The van der Waals surface area contributed by atoms with Gasteiger partial charge in [-0.3, -0.25) is 0 Å². The molecule has 0 spiro atoms. The Kier molecular flexibility index (Phi) is 3.37. The van der Waals surface area contributed by atoms with Gasteiger partial charge in [-0.25, -0.2) is 0 Å². The van der Waals surface area contributed by atoms with Gasteiger partial charge in [-0.15, -0.1) is 0 Å². The summed E-state index contributed by atoms with van der Waals surface area (Å²) in [5, 5.41) is 29.8. The second-order valence-electron chi connectivity index (χ2n) is 6.90. The normalized spacial score (nSPS) is 44.4. The molecule has 0 amide bonds. The van der Waals surface area contributed by atoms with Crippen LogP contribution in [0.25, 0.3) is 0 Å². The van der Waals surface area contributed by atoms with Gasteiger partial charge in [0.25, 0.3) is 0 Å². The summed E-state index contributed by atoms with van der Waals surface area (Å²) in [5.41, 5.74) is 0.229. The van der Waals surface area contributed by atoms with Gasteiger partial charge in [-0.05, 0) is 49.9 Å². The molecule has 3 nitrogen and oxygen atoms in total. The van der Waals surface area contributed by atoms with Crippen molar-refractivity contribution in [2.24, 2.45) is 29.1 Å². The third-order valence-corrected chi connectivity index (χ3v) is 5.67. The fourth-order valence-corrected chi connectivity index (χ4v) is 4.53. The van der Waals surface area contributed by atoms with Gasteiger partial charge >= 0.3 is 0 Å². The van der Waals surface area contributed by atoms with Crippen LogP contribution in [0.15, 0.2) is 12.2 Å². The Morgan fingerprint density at radius 1 is 1.33 bits per heavy atom. The molecule has 0 unspecified atom stereocenters. The van der Waals surface area contributed by atoms with Gasteiger partial charge in [0, 0.05) is 19.1 Å². The minimum absolute atomic E-state index is 0.0195. The van der Waals surface area contributed by atoms with Crippen molar-refractivity contribution in [3.63, 3.8) is 0 Å². The van der Waals surface area contributed by atoms with Crippen LogP contribution < -0.4 is 0 Å². The summed E-state index contributed by atoms with van der Waals surface area (Å²) < 4.78 is 0. The molecule has 3 heteroatoms. The maximum atomic E-state index is 10.4. The van der Waals surface area contributed by atoms with Crippen LogP contribution in [0.2, 0.25) is 0 Å². The highest BCUT2D eigenvalue weighted by molar-refractivity contribution is 5.27. The van der Waals surface area contributed by atoms with E-state index in [1.54, 1.807) is 0 Å². The molecule has 0 aromatic heterocycles. The van der Waals surface area contributed by atoms with Crippen LogP contribution in [-0.4, -0.2) is 34.1 Å². The molecule has 0 aromatic rings. The highest BCUT2D eigenvalue weighted by Crippen LogP contribution is 2.63. The zero-order chi connectivity index (χ0) is 13.7. The minimum atomic E-state index is -0.766. The number of hydrogen-bond acceptors (Lipinski definition) is 3. The molecule has 5 atom stereocenters. The van der Waals surface area contributed by atoms with Crippen molar-refractivity contribution in [1.29, 1.82) is 0 Å². The predicted octanol–water partition coefficient (Wildman–Crippen LogP) is 1.58. The largest absolute Gasteiger partial charge is 0.396 e. The molecule has 104 valence electrons. The monoisotopic (exact) mass is 254 g/mol. The van der Waals surface area contributed by atoms with Crippen molar-refractivity contribution < 1.29 is 15.3 Å². The molecule has 0 radical (unpaired) electrons. The number of aliphatic hydroxyl groups excluding tert-OH is 2. The Bertz CT molecular complexity index is 344. The van der Waals surface area contributed by atoms with E-state index in [2.05, 4.69) is 13.5 Å².